The molecule has 4 rings (SSSR count). The summed E-state index contributed by atoms with van der Waals surface area (Å²) in [5.41, 5.74) is 0.747. The summed E-state index contributed by atoms with van der Waals surface area (Å²) in [6, 6.07) is 9.53. The number of benzene rings is 2. The molecular formula is C22H24F2N2O3S2. The smallest absolute Gasteiger partial charge is 0.253 e. The lowest BCUT2D eigenvalue weighted by Crippen LogP contribution is -2.33. The fourth-order valence-electron chi connectivity index (χ4n) is 4.01. The molecule has 2 saturated heterocycles. The fourth-order valence-corrected chi connectivity index (χ4v) is 6.77. The molecule has 0 spiro atoms. The molecule has 0 aromatic heterocycles. The van der Waals surface area contributed by atoms with Crippen molar-refractivity contribution in [3.63, 3.8) is 0 Å². The van der Waals surface area contributed by atoms with Crippen molar-refractivity contribution in [2.24, 2.45) is 0 Å². The van der Waals surface area contributed by atoms with Crippen LogP contribution in [0.1, 0.15) is 40.4 Å². The largest absolute Gasteiger partial charge is 0.338 e. The minimum Gasteiger partial charge on any atom is -0.338 e. The molecule has 2 heterocycles. The normalized spacial score (nSPS) is 20.6. The van der Waals surface area contributed by atoms with Crippen LogP contribution in [0.2, 0.25) is 0 Å². The zero-order valence-corrected chi connectivity index (χ0v) is 18.6. The fraction of sp³-hybridized carbons (Fsp3) is 0.409. The van der Waals surface area contributed by atoms with Gasteiger partial charge in [0, 0.05) is 48.3 Å². The van der Waals surface area contributed by atoms with Crippen molar-refractivity contribution < 1.29 is 22.0 Å². The quantitative estimate of drug-likeness (QED) is 0.682. The molecule has 0 aliphatic carbocycles. The maximum Gasteiger partial charge on any atom is 0.253 e. The van der Waals surface area contributed by atoms with E-state index in [-0.39, 0.29) is 16.1 Å². The van der Waals surface area contributed by atoms with Crippen molar-refractivity contribution in [3.8, 4) is 0 Å². The molecule has 2 aromatic carbocycles. The van der Waals surface area contributed by atoms with Gasteiger partial charge < -0.3 is 4.90 Å². The molecule has 2 fully saturated rings. The van der Waals surface area contributed by atoms with Crippen LogP contribution in [0.4, 0.5) is 8.78 Å². The first-order valence-corrected chi connectivity index (χ1v) is 12.8. The maximum atomic E-state index is 14.1. The van der Waals surface area contributed by atoms with E-state index in [0.29, 0.717) is 49.5 Å². The summed E-state index contributed by atoms with van der Waals surface area (Å²) in [5, 5.41) is -0.221. The van der Waals surface area contributed by atoms with Gasteiger partial charge in [-0.05, 0) is 61.7 Å². The van der Waals surface area contributed by atoms with Crippen LogP contribution < -0.4 is 0 Å². The molecule has 9 heteroatoms. The topological polar surface area (TPSA) is 57.7 Å². The third kappa shape index (κ3) is 4.78. The van der Waals surface area contributed by atoms with E-state index in [1.807, 2.05) is 0 Å². The van der Waals surface area contributed by atoms with Gasteiger partial charge in [-0.2, -0.15) is 16.1 Å². The Kier molecular flexibility index (Phi) is 6.64. The molecule has 2 aromatic rings. The van der Waals surface area contributed by atoms with Gasteiger partial charge in [-0.1, -0.05) is 0 Å². The van der Waals surface area contributed by atoms with E-state index in [1.165, 1.54) is 34.3 Å². The highest BCUT2D eigenvalue weighted by Gasteiger charge is 2.28. The third-order valence-corrected chi connectivity index (χ3v) is 8.96. The Hall–Kier alpha value is -1.97. The van der Waals surface area contributed by atoms with Crippen LogP contribution in [0.5, 0.6) is 0 Å². The van der Waals surface area contributed by atoms with Crippen molar-refractivity contribution >= 4 is 27.7 Å². The zero-order chi connectivity index (χ0) is 22.0. The van der Waals surface area contributed by atoms with E-state index in [0.717, 1.165) is 25.0 Å². The second-order valence-electron chi connectivity index (χ2n) is 7.74. The first kappa shape index (κ1) is 22.2. The van der Waals surface area contributed by atoms with Crippen LogP contribution in [0.3, 0.4) is 0 Å². The van der Waals surface area contributed by atoms with E-state index in [9.17, 15) is 22.0 Å². The van der Waals surface area contributed by atoms with Crippen LogP contribution in [-0.4, -0.2) is 55.5 Å². The van der Waals surface area contributed by atoms with Gasteiger partial charge in [-0.25, -0.2) is 17.2 Å². The van der Waals surface area contributed by atoms with Gasteiger partial charge >= 0.3 is 0 Å². The predicted molar refractivity (Wildman–Crippen MR) is 117 cm³/mol. The first-order valence-electron chi connectivity index (χ1n) is 10.3. The van der Waals surface area contributed by atoms with Gasteiger partial charge in [0.05, 0.1) is 4.90 Å². The van der Waals surface area contributed by atoms with Gasteiger partial charge in [-0.15, -0.1) is 0 Å². The van der Waals surface area contributed by atoms with Gasteiger partial charge in [0.1, 0.15) is 11.6 Å². The Morgan fingerprint density at radius 1 is 0.968 bits per heavy atom. The zero-order valence-electron chi connectivity index (χ0n) is 17.0. The summed E-state index contributed by atoms with van der Waals surface area (Å²) in [6.07, 6.45) is 2.24. The second-order valence-corrected chi connectivity index (χ2v) is 11.0. The Morgan fingerprint density at radius 2 is 1.68 bits per heavy atom. The first-order chi connectivity index (χ1) is 14.9. The number of carbonyl (C=O) groups excluding carboxylic acids is 1. The lowest BCUT2D eigenvalue weighted by atomic mass is 10.1. The average molecular weight is 467 g/mol. The maximum absolute atomic E-state index is 14.1. The lowest BCUT2D eigenvalue weighted by molar-refractivity contribution is 0.0766. The Labute approximate surface area is 185 Å². The number of rotatable bonds is 4. The minimum absolute atomic E-state index is 0.189. The van der Waals surface area contributed by atoms with Crippen molar-refractivity contribution in [1.82, 2.24) is 9.21 Å². The predicted octanol–water partition coefficient (Wildman–Crippen LogP) is 4.07. The third-order valence-electron chi connectivity index (χ3n) is 5.74. The highest BCUT2D eigenvalue weighted by Crippen LogP contribution is 2.36. The highest BCUT2D eigenvalue weighted by atomic mass is 32.2. The molecule has 166 valence electrons. The van der Waals surface area contributed by atoms with Crippen LogP contribution in [0, 0.1) is 11.6 Å². The minimum atomic E-state index is -3.52. The standard InChI is InChI=1S/C22H24F2N2O3S2/c23-17-5-8-20(24)19(15-17)21-9-12-25(13-14-30-21)22(27)16-3-6-18(7-4-16)31(28,29)26-10-1-2-11-26/h3-8,15,21H,1-2,9-14H2. The molecule has 1 atom stereocenters. The molecule has 0 radical (unpaired) electrons. The summed E-state index contributed by atoms with van der Waals surface area (Å²) < 4.78 is 54.5. The number of hydrogen-bond acceptors (Lipinski definition) is 4. The van der Waals surface area contributed by atoms with Crippen LogP contribution in [-0.2, 0) is 10.0 Å². The molecule has 1 unspecified atom stereocenters. The van der Waals surface area contributed by atoms with Crippen molar-refractivity contribution in [1.29, 1.82) is 0 Å². The van der Waals surface area contributed by atoms with Crippen LogP contribution >= 0.6 is 11.8 Å². The summed E-state index contributed by atoms with van der Waals surface area (Å²) in [6.45, 7) is 1.97. The number of carbonyl (C=O) groups is 1. The molecule has 0 saturated carbocycles. The van der Waals surface area contributed by atoms with Crippen molar-refractivity contribution in [2.75, 3.05) is 31.9 Å². The number of halogens is 2. The Morgan fingerprint density at radius 3 is 2.39 bits per heavy atom. The number of nitrogens with zero attached hydrogens (tertiary/aromatic N) is 2. The molecule has 2 aliphatic rings. The number of thioether (sulfide) groups is 1. The van der Waals surface area contributed by atoms with Gasteiger partial charge in [-0.3, -0.25) is 4.79 Å². The number of amides is 1. The van der Waals surface area contributed by atoms with Gasteiger partial charge in [0.2, 0.25) is 10.0 Å². The van der Waals surface area contributed by atoms with E-state index in [4.69, 9.17) is 0 Å². The molecule has 1 amide bonds. The molecule has 5 nitrogen and oxygen atoms in total. The van der Waals surface area contributed by atoms with E-state index < -0.39 is 21.7 Å². The summed E-state index contributed by atoms with van der Waals surface area (Å²) >= 11 is 1.51. The van der Waals surface area contributed by atoms with Crippen molar-refractivity contribution in [2.45, 2.75) is 29.4 Å². The van der Waals surface area contributed by atoms with E-state index in [2.05, 4.69) is 0 Å². The number of hydrogen-bond donors (Lipinski definition) is 0. The van der Waals surface area contributed by atoms with E-state index >= 15 is 0 Å². The summed E-state index contributed by atoms with van der Waals surface area (Å²) in [4.78, 5) is 14.8. The highest BCUT2D eigenvalue weighted by molar-refractivity contribution is 7.99. The van der Waals surface area contributed by atoms with Crippen LogP contribution in [0.15, 0.2) is 47.4 Å². The molecule has 31 heavy (non-hydrogen) atoms. The Bertz CT molecular complexity index is 1050. The number of sulfonamides is 1. The summed E-state index contributed by atoms with van der Waals surface area (Å²) in [5.74, 6) is -0.494. The van der Waals surface area contributed by atoms with E-state index in [1.54, 1.807) is 17.0 Å². The molecule has 0 bridgehead atoms. The summed E-state index contributed by atoms with van der Waals surface area (Å²) in [7, 11) is -3.52. The average Bonchev–Trinajstić information content (AvgIpc) is 3.21. The second kappa shape index (κ2) is 9.26. The SMILES string of the molecule is O=C(c1ccc(S(=O)(=O)N2CCCC2)cc1)N1CCSC(c2cc(F)ccc2F)CC1. The molecule has 2 aliphatic heterocycles. The lowest BCUT2D eigenvalue weighted by Gasteiger charge is -2.21. The van der Waals surface area contributed by atoms with Gasteiger partial charge in [0.25, 0.3) is 5.91 Å². The van der Waals surface area contributed by atoms with Crippen molar-refractivity contribution in [3.05, 3.63) is 65.2 Å². The van der Waals surface area contributed by atoms with Gasteiger partial charge in [0.15, 0.2) is 0 Å². The monoisotopic (exact) mass is 466 g/mol. The molecule has 0 N–H and O–H groups in total. The Balaban J connectivity index is 1.44. The van der Waals surface area contributed by atoms with Crippen LogP contribution in [0.25, 0.3) is 0 Å². The molecular weight excluding hydrogens is 442 g/mol.